The van der Waals surface area contributed by atoms with Crippen LogP contribution in [0.1, 0.15) is 40.8 Å². The molecule has 0 amide bonds. The van der Waals surface area contributed by atoms with Crippen molar-refractivity contribution in [2.75, 3.05) is 0 Å². The molecular weight excluding hydrogens is 379 g/mol. The molecule has 0 aliphatic heterocycles. The molecule has 0 saturated carbocycles. The van der Waals surface area contributed by atoms with E-state index >= 15 is 0 Å². The van der Waals surface area contributed by atoms with Gasteiger partial charge in [0.15, 0.2) is 6.17 Å². The van der Waals surface area contributed by atoms with E-state index in [0.29, 0.717) is 21.8 Å². The Morgan fingerprint density at radius 3 is 2.67 bits per heavy atom. The maximum absolute atomic E-state index is 14.6. The van der Waals surface area contributed by atoms with E-state index in [1.54, 1.807) is 6.92 Å². The van der Waals surface area contributed by atoms with Gasteiger partial charge in [-0.3, -0.25) is 14.3 Å². The number of aliphatic hydroxyl groups is 1. The topological polar surface area (TPSA) is 114 Å². The van der Waals surface area contributed by atoms with Crippen LogP contribution < -0.4 is 11.2 Å². The van der Waals surface area contributed by atoms with Crippen LogP contribution in [0.15, 0.2) is 38.4 Å². The van der Waals surface area contributed by atoms with Gasteiger partial charge in [-0.15, -0.1) is 0 Å². The van der Waals surface area contributed by atoms with Crippen LogP contribution in [0, 0.1) is 6.92 Å². The van der Waals surface area contributed by atoms with Gasteiger partial charge in [0, 0.05) is 23.3 Å². The molecule has 27 heavy (non-hydrogen) atoms. The molecule has 1 aromatic carbocycles. The summed E-state index contributed by atoms with van der Waals surface area (Å²) >= 11 is 5.78. The zero-order valence-electron chi connectivity index (χ0n) is 14.4. The summed E-state index contributed by atoms with van der Waals surface area (Å²) in [6.07, 6.45) is -3.45. The molecule has 0 spiro atoms. The molecule has 8 nitrogen and oxygen atoms in total. The number of nitrogens with one attached hydrogen (secondary N) is 1. The first-order valence-electron chi connectivity index (χ1n) is 7.96. The molecule has 0 fully saturated rings. The van der Waals surface area contributed by atoms with Crippen molar-refractivity contribution in [1.29, 1.82) is 0 Å². The number of aliphatic hydroxyl groups excluding tert-OH is 1. The third-order valence-corrected chi connectivity index (χ3v) is 4.49. The molecule has 2 heterocycles. The summed E-state index contributed by atoms with van der Waals surface area (Å²) in [7, 11) is 1.49. The first-order valence-corrected chi connectivity index (χ1v) is 8.34. The largest absolute Gasteiger partial charge is 0.385 e. The monoisotopic (exact) mass is 394 g/mol. The molecule has 0 aliphatic rings. The Kier molecular flexibility index (Phi) is 5.24. The van der Waals surface area contributed by atoms with E-state index in [1.165, 1.54) is 35.9 Å². The number of hydrogen-bond acceptors (Lipinski definition) is 6. The predicted molar refractivity (Wildman–Crippen MR) is 94.4 cm³/mol. The van der Waals surface area contributed by atoms with Crippen molar-refractivity contribution >= 4 is 11.6 Å². The number of aromatic nitrogens is 4. The first kappa shape index (κ1) is 19.0. The van der Waals surface area contributed by atoms with Crippen molar-refractivity contribution in [1.82, 2.24) is 19.7 Å². The molecule has 0 radical (unpaired) electrons. The molecule has 2 N–H and O–H groups in total. The highest BCUT2D eigenvalue weighted by Crippen LogP contribution is 2.31. The van der Waals surface area contributed by atoms with Crippen molar-refractivity contribution in [3.8, 4) is 0 Å². The summed E-state index contributed by atoms with van der Waals surface area (Å²) in [6.45, 7) is 1.55. The average Bonchev–Trinajstić information content (AvgIpc) is 3.11. The van der Waals surface area contributed by atoms with Gasteiger partial charge < -0.3 is 9.63 Å². The number of benzene rings is 1. The summed E-state index contributed by atoms with van der Waals surface area (Å²) < 4.78 is 20.8. The summed E-state index contributed by atoms with van der Waals surface area (Å²) in [5.41, 5.74) is -0.107. The van der Waals surface area contributed by atoms with Gasteiger partial charge in [-0.25, -0.2) is 9.18 Å². The minimum Gasteiger partial charge on any atom is -0.385 e. The number of H-pyrrole nitrogens is 1. The minimum absolute atomic E-state index is 0.0136. The van der Waals surface area contributed by atoms with E-state index < -0.39 is 23.5 Å². The lowest BCUT2D eigenvalue weighted by molar-refractivity contribution is 0.0708. The first-order chi connectivity index (χ1) is 12.8. The Morgan fingerprint density at radius 2 is 2.00 bits per heavy atom. The molecular formula is C17H16ClFN4O4. The second kappa shape index (κ2) is 7.45. The number of alkyl halides is 1. The third kappa shape index (κ3) is 3.83. The van der Waals surface area contributed by atoms with Crippen LogP contribution in [0.25, 0.3) is 0 Å². The van der Waals surface area contributed by atoms with E-state index in [1.807, 2.05) is 0 Å². The van der Waals surface area contributed by atoms with Gasteiger partial charge in [-0.2, -0.15) is 4.98 Å². The molecule has 0 saturated heterocycles. The molecule has 0 bridgehead atoms. The summed E-state index contributed by atoms with van der Waals surface area (Å²) in [4.78, 5) is 29.6. The van der Waals surface area contributed by atoms with E-state index in [0.717, 1.165) is 0 Å². The lowest BCUT2D eigenvalue weighted by Gasteiger charge is -2.13. The van der Waals surface area contributed by atoms with Crippen molar-refractivity contribution in [2.45, 2.75) is 25.6 Å². The fraction of sp³-hybridized carbons (Fsp3) is 0.294. The van der Waals surface area contributed by atoms with Gasteiger partial charge in [0.2, 0.25) is 11.7 Å². The molecule has 10 heteroatoms. The number of nitrogens with zero attached hydrogens (tertiary/aromatic N) is 3. The highest BCUT2D eigenvalue weighted by molar-refractivity contribution is 6.30. The lowest BCUT2D eigenvalue weighted by Crippen LogP contribution is -2.33. The van der Waals surface area contributed by atoms with Crippen LogP contribution in [-0.2, 0) is 13.5 Å². The normalized spacial score (nSPS) is 13.5. The minimum atomic E-state index is -1.92. The lowest BCUT2D eigenvalue weighted by atomic mass is 10.1. The zero-order chi connectivity index (χ0) is 19.7. The molecule has 0 aliphatic carbocycles. The number of aromatic amines is 1. The van der Waals surface area contributed by atoms with Crippen molar-refractivity contribution in [2.24, 2.45) is 7.05 Å². The van der Waals surface area contributed by atoms with Gasteiger partial charge in [0.1, 0.15) is 6.10 Å². The van der Waals surface area contributed by atoms with E-state index in [4.69, 9.17) is 16.1 Å². The third-order valence-electron chi connectivity index (χ3n) is 4.24. The number of rotatable bonds is 5. The van der Waals surface area contributed by atoms with Crippen LogP contribution in [0.4, 0.5) is 4.39 Å². The molecule has 3 rings (SSSR count). The van der Waals surface area contributed by atoms with Crippen LogP contribution in [0.3, 0.4) is 0 Å². The Morgan fingerprint density at radius 1 is 1.33 bits per heavy atom. The fourth-order valence-electron chi connectivity index (χ4n) is 2.60. The highest BCUT2D eigenvalue weighted by Gasteiger charge is 2.27. The second-order valence-electron chi connectivity index (χ2n) is 6.01. The van der Waals surface area contributed by atoms with Crippen molar-refractivity contribution < 1.29 is 14.0 Å². The summed E-state index contributed by atoms with van der Waals surface area (Å²) in [6, 6.07) is 6.06. The Bertz CT molecular complexity index is 1040. The maximum Gasteiger partial charge on any atom is 0.328 e. The van der Waals surface area contributed by atoms with Crippen LogP contribution in [0.5, 0.6) is 0 Å². The van der Waals surface area contributed by atoms with Gasteiger partial charge in [-0.1, -0.05) is 28.9 Å². The number of hydrogen-bond donors (Lipinski definition) is 2. The second-order valence-corrected chi connectivity index (χ2v) is 6.45. The van der Waals surface area contributed by atoms with Gasteiger partial charge in [0.05, 0.1) is 6.42 Å². The Labute approximate surface area is 157 Å². The van der Waals surface area contributed by atoms with Crippen molar-refractivity contribution in [3.63, 3.8) is 0 Å². The number of halogens is 2. The highest BCUT2D eigenvalue weighted by atomic mass is 35.5. The summed E-state index contributed by atoms with van der Waals surface area (Å²) in [5.74, 6) is -0.320. The van der Waals surface area contributed by atoms with E-state index in [2.05, 4.69) is 15.1 Å². The van der Waals surface area contributed by atoms with Crippen LogP contribution >= 0.6 is 11.6 Å². The van der Waals surface area contributed by atoms with Gasteiger partial charge in [0.25, 0.3) is 5.56 Å². The molecule has 2 atom stereocenters. The van der Waals surface area contributed by atoms with Crippen molar-refractivity contribution in [3.05, 3.63) is 78.7 Å². The van der Waals surface area contributed by atoms with E-state index in [-0.39, 0.29) is 18.1 Å². The maximum atomic E-state index is 14.6. The smallest absolute Gasteiger partial charge is 0.328 e. The molecule has 2 aromatic heterocycles. The van der Waals surface area contributed by atoms with Crippen LogP contribution in [-0.4, -0.2) is 24.8 Å². The quantitative estimate of drug-likeness (QED) is 0.681. The average molecular weight is 395 g/mol. The SMILES string of the molecule is Cc1c(Cc2nc([C@H](F)[C@@H](O)c3ccc(Cl)cc3)no2)n(C)c(=O)[nH]c1=O. The Hall–Kier alpha value is -2.78. The fourth-order valence-corrected chi connectivity index (χ4v) is 2.72. The standard InChI is InChI=1S/C17H16ClFN4O4/c1-8-11(23(2)17(26)21-16(8)25)7-12-20-15(22-27-12)13(19)14(24)9-3-5-10(18)6-4-9/h3-6,13-14,24H,7H2,1-2H3,(H,21,25,26)/t13-,14+/m1/s1. The van der Waals surface area contributed by atoms with Gasteiger partial charge in [-0.05, 0) is 24.6 Å². The van der Waals surface area contributed by atoms with E-state index in [9.17, 15) is 19.1 Å². The summed E-state index contributed by atoms with van der Waals surface area (Å²) in [5, 5.41) is 14.2. The van der Waals surface area contributed by atoms with Gasteiger partial charge >= 0.3 is 5.69 Å². The molecule has 0 unspecified atom stereocenters. The Balaban J connectivity index is 1.84. The molecule has 3 aromatic rings. The zero-order valence-corrected chi connectivity index (χ0v) is 15.2. The van der Waals surface area contributed by atoms with Crippen LogP contribution in [0.2, 0.25) is 5.02 Å². The predicted octanol–water partition coefficient (Wildman–Crippen LogP) is 1.75. The molecule has 142 valence electrons.